The van der Waals surface area contributed by atoms with Gasteiger partial charge in [0.15, 0.2) is 5.13 Å². The van der Waals surface area contributed by atoms with Crippen LogP contribution in [-0.2, 0) is 4.79 Å². The first-order valence-corrected chi connectivity index (χ1v) is 6.45. The van der Waals surface area contributed by atoms with Crippen LogP contribution in [0.1, 0.15) is 19.8 Å². The number of rotatable bonds is 3. The van der Waals surface area contributed by atoms with Crippen LogP contribution in [0.5, 0.6) is 0 Å². The highest BCUT2D eigenvalue weighted by Crippen LogP contribution is 2.32. The van der Waals surface area contributed by atoms with E-state index in [1.807, 2.05) is 13.0 Å². The molecule has 0 fully saturated rings. The van der Waals surface area contributed by atoms with Crippen molar-refractivity contribution in [3.8, 4) is 0 Å². The predicted molar refractivity (Wildman–Crippen MR) is 72.6 cm³/mol. The highest BCUT2D eigenvalue weighted by molar-refractivity contribution is 7.22. The highest BCUT2D eigenvalue weighted by Gasteiger charge is 2.09. The minimum absolute atomic E-state index is 0.0135. The molecule has 0 saturated heterocycles. The second kappa shape index (κ2) is 4.89. The van der Waals surface area contributed by atoms with Crippen LogP contribution in [0.4, 0.5) is 10.8 Å². The number of halogens is 1. The fourth-order valence-electron chi connectivity index (χ4n) is 1.53. The van der Waals surface area contributed by atoms with Gasteiger partial charge in [-0.3, -0.25) is 4.79 Å². The van der Waals surface area contributed by atoms with Crippen molar-refractivity contribution >= 4 is 49.9 Å². The topological polar surface area (TPSA) is 68.0 Å². The summed E-state index contributed by atoms with van der Waals surface area (Å²) in [6.07, 6.45) is 1.32. The first-order chi connectivity index (χ1) is 8.10. The van der Waals surface area contributed by atoms with E-state index < -0.39 is 0 Å². The standard InChI is InChI=1S/C11H12ClN3OS/c1-2-3-9(16)14-6-4-7(12)10-8(5-6)17-11(13)15-10/h4-5H,2-3H2,1H3,(H2,13,15)(H,14,16). The fraction of sp³-hybridized carbons (Fsp3) is 0.273. The van der Waals surface area contributed by atoms with E-state index in [4.69, 9.17) is 17.3 Å². The molecule has 3 N–H and O–H groups in total. The molecule has 2 aromatic rings. The lowest BCUT2D eigenvalue weighted by Gasteiger charge is -2.04. The van der Waals surface area contributed by atoms with E-state index in [9.17, 15) is 4.79 Å². The van der Waals surface area contributed by atoms with Gasteiger partial charge < -0.3 is 11.1 Å². The van der Waals surface area contributed by atoms with E-state index in [1.54, 1.807) is 6.07 Å². The summed E-state index contributed by atoms with van der Waals surface area (Å²) in [5.74, 6) is -0.0135. The monoisotopic (exact) mass is 269 g/mol. The molecule has 1 aromatic heterocycles. The largest absolute Gasteiger partial charge is 0.375 e. The third kappa shape index (κ3) is 2.68. The number of aromatic nitrogens is 1. The molecule has 4 nitrogen and oxygen atoms in total. The fourth-order valence-corrected chi connectivity index (χ4v) is 2.65. The van der Waals surface area contributed by atoms with Crippen molar-refractivity contribution in [2.24, 2.45) is 0 Å². The van der Waals surface area contributed by atoms with Gasteiger partial charge in [-0.1, -0.05) is 29.9 Å². The van der Waals surface area contributed by atoms with E-state index in [0.717, 1.165) is 11.1 Å². The Morgan fingerprint density at radius 2 is 2.35 bits per heavy atom. The van der Waals surface area contributed by atoms with E-state index in [2.05, 4.69) is 10.3 Å². The molecule has 1 aromatic carbocycles. The second-order valence-corrected chi connectivity index (χ2v) is 5.12. The van der Waals surface area contributed by atoms with E-state index in [-0.39, 0.29) is 5.91 Å². The van der Waals surface area contributed by atoms with Crippen LogP contribution in [0, 0.1) is 0 Å². The van der Waals surface area contributed by atoms with Gasteiger partial charge in [0.25, 0.3) is 0 Å². The van der Waals surface area contributed by atoms with E-state index in [0.29, 0.717) is 27.8 Å². The van der Waals surface area contributed by atoms with Crippen molar-refractivity contribution in [1.82, 2.24) is 4.98 Å². The maximum atomic E-state index is 11.5. The first-order valence-electron chi connectivity index (χ1n) is 5.25. The Labute approximate surface area is 108 Å². The van der Waals surface area contributed by atoms with Gasteiger partial charge in [-0.2, -0.15) is 0 Å². The smallest absolute Gasteiger partial charge is 0.224 e. The molecule has 17 heavy (non-hydrogen) atoms. The molecule has 6 heteroatoms. The zero-order valence-electron chi connectivity index (χ0n) is 9.29. The Balaban J connectivity index is 2.33. The third-order valence-electron chi connectivity index (χ3n) is 2.23. The molecule has 0 aliphatic carbocycles. The lowest BCUT2D eigenvalue weighted by atomic mass is 10.2. The molecule has 0 bridgehead atoms. The molecule has 0 spiro atoms. The van der Waals surface area contributed by atoms with Gasteiger partial charge in [0, 0.05) is 12.1 Å². The second-order valence-electron chi connectivity index (χ2n) is 3.66. The lowest BCUT2D eigenvalue weighted by Crippen LogP contribution is -2.10. The van der Waals surface area contributed by atoms with Crippen molar-refractivity contribution in [1.29, 1.82) is 0 Å². The summed E-state index contributed by atoms with van der Waals surface area (Å²) in [7, 11) is 0. The summed E-state index contributed by atoms with van der Waals surface area (Å²) in [6.45, 7) is 1.96. The molecule has 2 rings (SSSR count). The van der Waals surface area contributed by atoms with Crippen LogP contribution in [0.25, 0.3) is 10.2 Å². The van der Waals surface area contributed by atoms with Crippen molar-refractivity contribution < 1.29 is 4.79 Å². The number of amides is 1. The van der Waals surface area contributed by atoms with E-state index >= 15 is 0 Å². The minimum atomic E-state index is -0.0135. The van der Waals surface area contributed by atoms with Gasteiger partial charge in [0.1, 0.15) is 5.52 Å². The van der Waals surface area contributed by atoms with Gasteiger partial charge in [0.05, 0.1) is 9.72 Å². The van der Waals surface area contributed by atoms with Crippen LogP contribution >= 0.6 is 22.9 Å². The summed E-state index contributed by atoms with van der Waals surface area (Å²) in [5, 5.41) is 3.77. The number of fused-ring (bicyclic) bond motifs is 1. The molecule has 0 aliphatic heterocycles. The van der Waals surface area contributed by atoms with Gasteiger partial charge in [-0.15, -0.1) is 0 Å². The molecule has 0 radical (unpaired) electrons. The molecule has 1 heterocycles. The van der Waals surface area contributed by atoms with Crippen molar-refractivity contribution in [2.45, 2.75) is 19.8 Å². The molecule has 0 aliphatic rings. The Hall–Kier alpha value is -1.33. The van der Waals surface area contributed by atoms with Crippen LogP contribution in [0.3, 0.4) is 0 Å². The van der Waals surface area contributed by atoms with Crippen molar-refractivity contribution in [3.05, 3.63) is 17.2 Å². The highest BCUT2D eigenvalue weighted by atomic mass is 35.5. The zero-order valence-corrected chi connectivity index (χ0v) is 10.9. The SMILES string of the molecule is CCCC(=O)Nc1cc(Cl)c2nc(N)sc2c1. The van der Waals surface area contributed by atoms with Crippen molar-refractivity contribution in [2.75, 3.05) is 11.1 Å². The molecular formula is C11H12ClN3OS. The lowest BCUT2D eigenvalue weighted by molar-refractivity contribution is -0.116. The zero-order chi connectivity index (χ0) is 12.4. The third-order valence-corrected chi connectivity index (χ3v) is 3.35. The molecule has 0 unspecified atom stereocenters. The number of nitrogens with zero attached hydrogens (tertiary/aromatic N) is 1. The summed E-state index contributed by atoms with van der Waals surface area (Å²) < 4.78 is 0.877. The molecule has 1 amide bonds. The number of anilines is 2. The number of hydrogen-bond donors (Lipinski definition) is 2. The number of thiazole rings is 1. The van der Waals surface area contributed by atoms with Crippen LogP contribution in [0.2, 0.25) is 5.02 Å². The Morgan fingerprint density at radius 3 is 3.06 bits per heavy atom. The number of nitrogens with two attached hydrogens (primary N) is 1. The van der Waals surface area contributed by atoms with Crippen LogP contribution < -0.4 is 11.1 Å². The minimum Gasteiger partial charge on any atom is -0.375 e. The molecular weight excluding hydrogens is 258 g/mol. The Kier molecular flexibility index (Phi) is 3.49. The Bertz CT molecular complexity index is 567. The number of hydrogen-bond acceptors (Lipinski definition) is 4. The Morgan fingerprint density at radius 1 is 1.59 bits per heavy atom. The van der Waals surface area contributed by atoms with Crippen LogP contribution in [-0.4, -0.2) is 10.9 Å². The number of benzene rings is 1. The summed E-state index contributed by atoms with van der Waals surface area (Å²) in [5.41, 5.74) is 6.99. The number of carbonyl (C=O) groups is 1. The summed E-state index contributed by atoms with van der Waals surface area (Å²) in [6, 6.07) is 3.53. The number of carbonyl (C=O) groups excluding carboxylic acids is 1. The van der Waals surface area contributed by atoms with E-state index in [1.165, 1.54) is 11.3 Å². The average molecular weight is 270 g/mol. The quantitative estimate of drug-likeness (QED) is 0.899. The number of nitrogens with one attached hydrogen (secondary N) is 1. The molecule has 0 saturated carbocycles. The predicted octanol–water partition coefficient (Wildman–Crippen LogP) is 3.27. The first kappa shape index (κ1) is 12.1. The van der Waals surface area contributed by atoms with Gasteiger partial charge in [-0.05, 0) is 18.6 Å². The van der Waals surface area contributed by atoms with Gasteiger partial charge in [-0.25, -0.2) is 4.98 Å². The maximum Gasteiger partial charge on any atom is 0.224 e. The summed E-state index contributed by atoms with van der Waals surface area (Å²) in [4.78, 5) is 15.6. The van der Waals surface area contributed by atoms with Gasteiger partial charge >= 0.3 is 0 Å². The summed E-state index contributed by atoms with van der Waals surface area (Å²) >= 11 is 7.43. The molecule has 90 valence electrons. The normalized spacial score (nSPS) is 10.7. The van der Waals surface area contributed by atoms with Gasteiger partial charge in [0.2, 0.25) is 5.91 Å². The molecule has 0 atom stereocenters. The number of nitrogen functional groups attached to an aromatic ring is 1. The average Bonchev–Trinajstić information content (AvgIpc) is 2.59. The maximum absolute atomic E-state index is 11.5. The van der Waals surface area contributed by atoms with Crippen LogP contribution in [0.15, 0.2) is 12.1 Å². The van der Waals surface area contributed by atoms with Crippen molar-refractivity contribution in [3.63, 3.8) is 0 Å².